The molecule has 1 aromatic rings. The van der Waals surface area contributed by atoms with Crippen molar-refractivity contribution in [1.29, 1.82) is 0 Å². The third kappa shape index (κ3) is 4.83. The maximum Gasteiger partial charge on any atom is 0.224 e. The number of fused-ring (bicyclic) bond motifs is 1. The Labute approximate surface area is 163 Å². The first-order valence-electron chi connectivity index (χ1n) is 9.16. The highest BCUT2D eigenvalue weighted by Crippen LogP contribution is 2.34. The molecule has 2 fully saturated rings. The van der Waals surface area contributed by atoms with Crippen LogP contribution in [0.15, 0.2) is 29.3 Å². The average molecular weight is 410 g/mol. The van der Waals surface area contributed by atoms with Crippen LogP contribution in [0.2, 0.25) is 0 Å². The topological polar surface area (TPSA) is 96.9 Å². The SMILES string of the molecule is O=C(Cc1ccc(NC2=N[C@@H]3CS(=O)(=O)C[C@@H]3S2)cc1)NC[C@@H]1CCCO1. The highest BCUT2D eigenvalue weighted by Gasteiger charge is 2.42. The van der Waals surface area contributed by atoms with Crippen molar-refractivity contribution in [2.45, 2.75) is 36.7 Å². The van der Waals surface area contributed by atoms with Crippen LogP contribution in [0, 0.1) is 0 Å². The number of hydrogen-bond acceptors (Lipinski definition) is 7. The van der Waals surface area contributed by atoms with Gasteiger partial charge in [0.2, 0.25) is 5.91 Å². The van der Waals surface area contributed by atoms with Crippen LogP contribution in [0.25, 0.3) is 0 Å². The van der Waals surface area contributed by atoms with E-state index in [1.807, 2.05) is 24.3 Å². The molecular formula is C18H23N3O4S2. The Balaban J connectivity index is 1.26. The second kappa shape index (κ2) is 7.81. The van der Waals surface area contributed by atoms with Gasteiger partial charge in [0.15, 0.2) is 15.0 Å². The molecule has 0 bridgehead atoms. The van der Waals surface area contributed by atoms with Crippen LogP contribution >= 0.6 is 11.8 Å². The van der Waals surface area contributed by atoms with Gasteiger partial charge in [0, 0.05) is 24.1 Å². The molecule has 0 spiro atoms. The van der Waals surface area contributed by atoms with Gasteiger partial charge in [0.25, 0.3) is 0 Å². The van der Waals surface area contributed by atoms with Crippen molar-refractivity contribution < 1.29 is 17.9 Å². The summed E-state index contributed by atoms with van der Waals surface area (Å²) in [5, 5.41) is 6.96. The van der Waals surface area contributed by atoms with Crippen LogP contribution in [0.4, 0.5) is 5.69 Å². The van der Waals surface area contributed by atoms with Crippen molar-refractivity contribution in [1.82, 2.24) is 5.32 Å². The molecular weight excluding hydrogens is 386 g/mol. The van der Waals surface area contributed by atoms with Crippen molar-refractivity contribution in [2.75, 3.05) is 30.0 Å². The standard InChI is InChI=1S/C18H23N3O4S2/c22-17(19-9-14-2-1-7-25-14)8-12-3-5-13(6-4-12)20-18-21-15-10-27(23,24)11-16(15)26-18/h3-6,14-16H,1-2,7-11H2,(H,19,22)(H,20,21)/t14-,15+,16-/m0/s1. The largest absolute Gasteiger partial charge is 0.376 e. The second-order valence-corrected chi connectivity index (χ2v) is 10.6. The lowest BCUT2D eigenvalue weighted by atomic mass is 10.1. The van der Waals surface area contributed by atoms with Gasteiger partial charge >= 0.3 is 0 Å². The van der Waals surface area contributed by atoms with Crippen LogP contribution < -0.4 is 10.6 Å². The smallest absolute Gasteiger partial charge is 0.224 e. The molecule has 2 N–H and O–H groups in total. The number of aliphatic imine (C=N–C) groups is 1. The van der Waals surface area contributed by atoms with Crippen molar-refractivity contribution in [3.63, 3.8) is 0 Å². The molecule has 0 unspecified atom stereocenters. The number of sulfone groups is 1. The van der Waals surface area contributed by atoms with Gasteiger partial charge < -0.3 is 15.4 Å². The molecule has 3 aliphatic heterocycles. The van der Waals surface area contributed by atoms with Crippen LogP contribution in [-0.4, -0.2) is 61.5 Å². The molecule has 3 atom stereocenters. The summed E-state index contributed by atoms with van der Waals surface area (Å²) in [4.78, 5) is 16.5. The number of carbonyl (C=O) groups is 1. The Morgan fingerprint density at radius 3 is 2.78 bits per heavy atom. The Morgan fingerprint density at radius 2 is 2.07 bits per heavy atom. The zero-order chi connectivity index (χ0) is 18.9. The van der Waals surface area contributed by atoms with Crippen LogP contribution in [0.3, 0.4) is 0 Å². The molecule has 0 radical (unpaired) electrons. The Bertz CT molecular complexity index is 833. The van der Waals surface area contributed by atoms with E-state index in [2.05, 4.69) is 15.6 Å². The van der Waals surface area contributed by atoms with E-state index in [4.69, 9.17) is 4.74 Å². The zero-order valence-electron chi connectivity index (χ0n) is 14.9. The van der Waals surface area contributed by atoms with Gasteiger partial charge in [0.05, 0.1) is 30.1 Å². The maximum atomic E-state index is 12.0. The monoisotopic (exact) mass is 409 g/mol. The summed E-state index contributed by atoms with van der Waals surface area (Å²) in [6, 6.07) is 7.53. The molecule has 27 heavy (non-hydrogen) atoms. The maximum absolute atomic E-state index is 12.0. The molecule has 0 aliphatic carbocycles. The molecule has 0 aromatic heterocycles. The fourth-order valence-corrected chi connectivity index (χ4v) is 7.20. The highest BCUT2D eigenvalue weighted by atomic mass is 32.2. The Kier molecular flexibility index (Phi) is 5.43. The van der Waals surface area contributed by atoms with Crippen molar-refractivity contribution in [2.24, 2.45) is 4.99 Å². The third-order valence-electron chi connectivity index (χ3n) is 4.94. The minimum Gasteiger partial charge on any atom is -0.376 e. The molecule has 0 saturated carbocycles. The summed E-state index contributed by atoms with van der Waals surface area (Å²) in [6.07, 6.45) is 2.57. The molecule has 3 aliphatic rings. The van der Waals surface area contributed by atoms with E-state index >= 15 is 0 Å². The summed E-state index contributed by atoms with van der Waals surface area (Å²) < 4.78 is 28.7. The normalized spacial score (nSPS) is 28.6. The molecule has 1 aromatic carbocycles. The number of benzene rings is 1. The zero-order valence-corrected chi connectivity index (χ0v) is 16.5. The average Bonchev–Trinajstić information content (AvgIpc) is 3.30. The minimum atomic E-state index is -2.93. The first-order valence-corrected chi connectivity index (χ1v) is 11.9. The van der Waals surface area contributed by atoms with E-state index in [0.717, 1.165) is 35.9 Å². The van der Waals surface area contributed by atoms with Gasteiger partial charge in [-0.25, -0.2) is 8.42 Å². The number of rotatable bonds is 5. The van der Waals surface area contributed by atoms with Gasteiger partial charge in [-0.1, -0.05) is 23.9 Å². The van der Waals surface area contributed by atoms with E-state index < -0.39 is 9.84 Å². The summed E-state index contributed by atoms with van der Waals surface area (Å²) in [6.45, 7) is 1.36. The van der Waals surface area contributed by atoms with E-state index in [1.54, 1.807) is 0 Å². The molecule has 2 saturated heterocycles. The third-order valence-corrected chi connectivity index (χ3v) is 8.08. The van der Waals surface area contributed by atoms with Crippen LogP contribution in [0.5, 0.6) is 0 Å². The molecule has 4 rings (SSSR count). The number of anilines is 1. The lowest BCUT2D eigenvalue weighted by molar-refractivity contribution is -0.120. The van der Waals surface area contributed by atoms with Crippen molar-refractivity contribution >= 4 is 38.4 Å². The predicted molar refractivity (Wildman–Crippen MR) is 107 cm³/mol. The number of amidine groups is 1. The van der Waals surface area contributed by atoms with E-state index in [0.29, 0.717) is 13.0 Å². The summed E-state index contributed by atoms with van der Waals surface area (Å²) in [7, 11) is -2.93. The number of nitrogens with zero attached hydrogens (tertiary/aromatic N) is 1. The van der Waals surface area contributed by atoms with E-state index in [1.165, 1.54) is 11.8 Å². The van der Waals surface area contributed by atoms with Crippen LogP contribution in [0.1, 0.15) is 18.4 Å². The minimum absolute atomic E-state index is 0.00373. The number of ether oxygens (including phenoxy) is 1. The Morgan fingerprint density at radius 1 is 1.26 bits per heavy atom. The number of amides is 1. The highest BCUT2D eigenvalue weighted by molar-refractivity contribution is 8.15. The van der Waals surface area contributed by atoms with Gasteiger partial charge in [-0.05, 0) is 30.5 Å². The first kappa shape index (κ1) is 18.8. The fraction of sp³-hybridized carbons (Fsp3) is 0.556. The molecule has 7 nitrogen and oxygen atoms in total. The second-order valence-electron chi connectivity index (χ2n) is 7.17. The number of nitrogens with one attached hydrogen (secondary N) is 2. The lowest BCUT2D eigenvalue weighted by Crippen LogP contribution is -2.32. The molecule has 3 heterocycles. The van der Waals surface area contributed by atoms with E-state index in [-0.39, 0.29) is 34.8 Å². The Hall–Kier alpha value is -1.58. The molecule has 1 amide bonds. The first-order chi connectivity index (χ1) is 13.0. The molecule has 9 heteroatoms. The number of thioether (sulfide) groups is 1. The quantitative estimate of drug-likeness (QED) is 0.759. The van der Waals surface area contributed by atoms with Gasteiger partial charge in [-0.15, -0.1) is 0 Å². The van der Waals surface area contributed by atoms with Gasteiger partial charge in [-0.2, -0.15) is 0 Å². The molecule has 146 valence electrons. The van der Waals surface area contributed by atoms with Crippen molar-refractivity contribution in [3.8, 4) is 0 Å². The number of carbonyl (C=O) groups excluding carboxylic acids is 1. The fourth-order valence-electron chi connectivity index (χ4n) is 3.53. The predicted octanol–water partition coefficient (Wildman–Crippen LogP) is 1.20. The van der Waals surface area contributed by atoms with E-state index in [9.17, 15) is 13.2 Å². The summed E-state index contributed by atoms with van der Waals surface area (Å²) >= 11 is 1.50. The van der Waals surface area contributed by atoms with Crippen LogP contribution in [-0.2, 0) is 25.8 Å². The summed E-state index contributed by atoms with van der Waals surface area (Å²) in [5.74, 6) is 0.350. The lowest BCUT2D eigenvalue weighted by Gasteiger charge is -2.11. The van der Waals surface area contributed by atoms with Gasteiger partial charge in [0.1, 0.15) is 0 Å². The number of hydrogen-bond donors (Lipinski definition) is 2. The summed E-state index contributed by atoms with van der Waals surface area (Å²) in [5.41, 5.74) is 1.82. The van der Waals surface area contributed by atoms with Gasteiger partial charge in [-0.3, -0.25) is 9.79 Å². The van der Waals surface area contributed by atoms with Crippen molar-refractivity contribution in [3.05, 3.63) is 29.8 Å².